The van der Waals surface area contributed by atoms with Gasteiger partial charge in [0.15, 0.2) is 0 Å². The van der Waals surface area contributed by atoms with E-state index in [0.29, 0.717) is 11.1 Å². The summed E-state index contributed by atoms with van der Waals surface area (Å²) in [6.45, 7) is 4.25. The molecule has 1 aromatic rings. The highest BCUT2D eigenvalue weighted by Gasteiger charge is 2.11. The van der Waals surface area contributed by atoms with Gasteiger partial charge in [0.2, 0.25) is 0 Å². The van der Waals surface area contributed by atoms with Gasteiger partial charge in [0.25, 0.3) is 0 Å². The summed E-state index contributed by atoms with van der Waals surface area (Å²) in [5.74, 6) is 1.65. The molecule has 0 saturated carbocycles. The lowest BCUT2D eigenvalue weighted by molar-refractivity contribution is 0.911. The topological polar surface area (TPSA) is 23.8 Å². The van der Waals surface area contributed by atoms with Gasteiger partial charge in [-0.05, 0) is 24.3 Å². The zero-order chi connectivity index (χ0) is 12.7. The number of hydrogen-bond donors (Lipinski definition) is 0. The van der Waals surface area contributed by atoms with Crippen LogP contribution in [0.5, 0.6) is 0 Å². The van der Waals surface area contributed by atoms with Gasteiger partial charge < -0.3 is 0 Å². The number of rotatable bonds is 6. The Morgan fingerprint density at radius 2 is 2.12 bits per heavy atom. The van der Waals surface area contributed by atoms with Crippen LogP contribution < -0.4 is 0 Å². The predicted octanol–water partition coefficient (Wildman–Crippen LogP) is 4.78. The highest BCUT2D eigenvalue weighted by Crippen LogP contribution is 2.33. The van der Waals surface area contributed by atoms with Crippen molar-refractivity contribution < 1.29 is 0 Å². The molecular formula is C13H16ClNS2. The molecule has 0 radical (unpaired) electrons. The van der Waals surface area contributed by atoms with Crippen LogP contribution in [0.3, 0.4) is 0 Å². The van der Waals surface area contributed by atoms with Gasteiger partial charge in [-0.3, -0.25) is 0 Å². The maximum Gasteiger partial charge on any atom is 0.101 e. The van der Waals surface area contributed by atoms with Crippen molar-refractivity contribution in [1.82, 2.24) is 0 Å². The molecule has 0 spiro atoms. The van der Waals surface area contributed by atoms with Crippen molar-refractivity contribution in [3.05, 3.63) is 23.8 Å². The first kappa shape index (κ1) is 14.8. The van der Waals surface area contributed by atoms with Gasteiger partial charge in [-0.25, -0.2) is 0 Å². The molecule has 0 saturated heterocycles. The first-order valence-corrected chi connectivity index (χ1v) is 8.01. The van der Waals surface area contributed by atoms with Crippen LogP contribution in [-0.2, 0) is 0 Å². The van der Waals surface area contributed by atoms with Crippen molar-refractivity contribution in [3.8, 4) is 6.07 Å². The Morgan fingerprint density at radius 1 is 1.41 bits per heavy atom. The van der Waals surface area contributed by atoms with Crippen LogP contribution in [0.4, 0.5) is 0 Å². The second-order valence-corrected chi connectivity index (χ2v) is 6.74. The molecule has 92 valence electrons. The number of benzene rings is 1. The number of thioether (sulfide) groups is 2. The molecule has 4 heteroatoms. The third-order valence-corrected chi connectivity index (χ3v) is 4.63. The van der Waals surface area contributed by atoms with E-state index in [2.05, 4.69) is 19.9 Å². The molecule has 0 fully saturated rings. The monoisotopic (exact) mass is 285 g/mol. The summed E-state index contributed by atoms with van der Waals surface area (Å²) >= 11 is 9.19. The van der Waals surface area contributed by atoms with E-state index in [1.807, 2.05) is 18.2 Å². The lowest BCUT2D eigenvalue weighted by atomic mass is 10.2. The van der Waals surface area contributed by atoms with Crippen molar-refractivity contribution in [2.75, 3.05) is 11.6 Å². The molecule has 0 amide bonds. The fourth-order valence-electron chi connectivity index (χ4n) is 1.42. The summed E-state index contributed by atoms with van der Waals surface area (Å²) in [6, 6.07) is 8.38. The van der Waals surface area contributed by atoms with E-state index in [-0.39, 0.29) is 0 Å². The normalized spacial score (nSPS) is 12.1. The lowest BCUT2D eigenvalue weighted by Gasteiger charge is -2.12. The van der Waals surface area contributed by atoms with Gasteiger partial charge >= 0.3 is 0 Å². The second-order valence-electron chi connectivity index (χ2n) is 3.58. The SMILES string of the molecule is CCSc1cccc(SC(C)CCCl)c1C#N. The number of hydrogen-bond acceptors (Lipinski definition) is 3. The molecule has 1 nitrogen and oxygen atoms in total. The van der Waals surface area contributed by atoms with E-state index in [0.717, 1.165) is 27.5 Å². The molecule has 17 heavy (non-hydrogen) atoms. The summed E-state index contributed by atoms with van der Waals surface area (Å²) in [7, 11) is 0. The van der Waals surface area contributed by atoms with E-state index in [4.69, 9.17) is 11.6 Å². The smallest absolute Gasteiger partial charge is 0.101 e. The molecule has 0 heterocycles. The van der Waals surface area contributed by atoms with Gasteiger partial charge in [0.1, 0.15) is 6.07 Å². The van der Waals surface area contributed by atoms with Crippen LogP contribution in [0.15, 0.2) is 28.0 Å². The molecule has 0 aromatic heterocycles. The Kier molecular flexibility index (Phi) is 6.87. The molecule has 0 N–H and O–H groups in total. The van der Waals surface area contributed by atoms with Crippen molar-refractivity contribution in [1.29, 1.82) is 5.26 Å². The average Bonchev–Trinajstić information content (AvgIpc) is 2.30. The van der Waals surface area contributed by atoms with E-state index >= 15 is 0 Å². The summed E-state index contributed by atoms with van der Waals surface area (Å²) < 4.78 is 0. The minimum Gasteiger partial charge on any atom is -0.192 e. The molecule has 0 aliphatic heterocycles. The third-order valence-electron chi connectivity index (χ3n) is 2.24. The molecule has 0 aliphatic carbocycles. The van der Waals surface area contributed by atoms with Gasteiger partial charge in [0.05, 0.1) is 5.56 Å². The second kappa shape index (κ2) is 7.92. The number of nitrogens with zero attached hydrogens (tertiary/aromatic N) is 1. The van der Waals surface area contributed by atoms with E-state index in [1.54, 1.807) is 23.5 Å². The van der Waals surface area contributed by atoms with Crippen LogP contribution in [-0.4, -0.2) is 16.9 Å². The Balaban J connectivity index is 2.91. The van der Waals surface area contributed by atoms with E-state index in [1.165, 1.54) is 0 Å². The first-order chi connectivity index (χ1) is 8.22. The minimum absolute atomic E-state index is 0.446. The Bertz CT molecular complexity index is 401. The third kappa shape index (κ3) is 4.46. The van der Waals surface area contributed by atoms with Crippen LogP contribution >= 0.6 is 35.1 Å². The lowest BCUT2D eigenvalue weighted by Crippen LogP contribution is -1.98. The highest BCUT2D eigenvalue weighted by atomic mass is 35.5. The molecule has 1 rings (SSSR count). The van der Waals surface area contributed by atoms with Crippen LogP contribution in [0, 0.1) is 11.3 Å². The predicted molar refractivity (Wildman–Crippen MR) is 78.2 cm³/mol. The largest absolute Gasteiger partial charge is 0.192 e. The number of halogens is 1. The fraction of sp³-hybridized carbons (Fsp3) is 0.462. The molecule has 0 bridgehead atoms. The minimum atomic E-state index is 0.446. The van der Waals surface area contributed by atoms with E-state index < -0.39 is 0 Å². The summed E-state index contributed by atoms with van der Waals surface area (Å²) in [5, 5.41) is 9.71. The van der Waals surface area contributed by atoms with Crippen molar-refractivity contribution in [3.63, 3.8) is 0 Å². The van der Waals surface area contributed by atoms with Crippen LogP contribution in [0.25, 0.3) is 0 Å². The van der Waals surface area contributed by atoms with Crippen molar-refractivity contribution >= 4 is 35.1 Å². The van der Waals surface area contributed by atoms with Gasteiger partial charge in [0, 0.05) is 20.9 Å². The van der Waals surface area contributed by atoms with E-state index in [9.17, 15) is 5.26 Å². The van der Waals surface area contributed by atoms with Gasteiger partial charge in [-0.2, -0.15) is 5.26 Å². The Morgan fingerprint density at radius 3 is 2.71 bits per heavy atom. The standard InChI is InChI=1S/C13H16ClNS2/c1-3-16-12-5-4-6-13(11(12)9-15)17-10(2)7-8-14/h4-6,10H,3,7-8H2,1-2H3. The quantitative estimate of drug-likeness (QED) is 0.555. The zero-order valence-electron chi connectivity index (χ0n) is 10.1. The Hall–Kier alpha value is -0.300. The maximum atomic E-state index is 9.27. The van der Waals surface area contributed by atoms with Gasteiger partial charge in [-0.1, -0.05) is 19.9 Å². The van der Waals surface area contributed by atoms with Crippen LogP contribution in [0.2, 0.25) is 0 Å². The maximum absolute atomic E-state index is 9.27. The number of alkyl halides is 1. The molecule has 1 atom stereocenters. The van der Waals surface area contributed by atoms with Gasteiger partial charge in [-0.15, -0.1) is 35.1 Å². The first-order valence-electron chi connectivity index (χ1n) is 5.61. The summed E-state index contributed by atoms with van der Waals surface area (Å²) in [4.78, 5) is 2.15. The molecule has 0 aliphatic rings. The number of nitriles is 1. The van der Waals surface area contributed by atoms with Crippen molar-refractivity contribution in [2.45, 2.75) is 35.3 Å². The molecule has 1 aromatic carbocycles. The summed E-state index contributed by atoms with van der Waals surface area (Å²) in [6.07, 6.45) is 0.961. The summed E-state index contributed by atoms with van der Waals surface area (Å²) in [5.41, 5.74) is 0.811. The molecule has 1 unspecified atom stereocenters. The zero-order valence-corrected chi connectivity index (χ0v) is 12.5. The highest BCUT2D eigenvalue weighted by molar-refractivity contribution is 8.00. The van der Waals surface area contributed by atoms with Crippen LogP contribution in [0.1, 0.15) is 25.8 Å². The fourth-order valence-corrected chi connectivity index (χ4v) is 3.83. The Labute approximate surface area is 117 Å². The average molecular weight is 286 g/mol. The van der Waals surface area contributed by atoms with Crippen molar-refractivity contribution in [2.24, 2.45) is 0 Å². The molecular weight excluding hydrogens is 270 g/mol.